The van der Waals surface area contributed by atoms with Crippen molar-refractivity contribution in [1.82, 2.24) is 10.2 Å². The van der Waals surface area contributed by atoms with Gasteiger partial charge in [-0.15, -0.1) is 11.3 Å². The summed E-state index contributed by atoms with van der Waals surface area (Å²) in [6.07, 6.45) is 1.49. The Balaban J connectivity index is 1.54. The molecule has 1 aliphatic rings. The molecule has 3 amide bonds. The largest absolute Gasteiger partial charge is 0.468 e. The van der Waals surface area contributed by atoms with Crippen LogP contribution in [0.15, 0.2) is 41.8 Å². The number of hydrogen-bond acceptors (Lipinski definition) is 6. The highest BCUT2D eigenvalue weighted by Crippen LogP contribution is 2.22. The number of carbonyl (C=O) groups excluding carboxylic acids is 4. The Hall–Kier alpha value is -3.20. The molecule has 2 aromatic rings. The Labute approximate surface area is 178 Å². The number of nitrogens with one attached hydrogen (secondary N) is 2. The average molecular weight is 429 g/mol. The molecule has 1 unspecified atom stereocenters. The van der Waals surface area contributed by atoms with E-state index in [0.29, 0.717) is 35.6 Å². The number of piperidine rings is 1. The monoisotopic (exact) mass is 429 g/mol. The summed E-state index contributed by atoms with van der Waals surface area (Å²) in [6, 6.07) is 10.0. The topological polar surface area (TPSA) is 105 Å². The average Bonchev–Trinajstić information content (AvgIpc) is 3.32. The zero-order valence-corrected chi connectivity index (χ0v) is 17.4. The Bertz CT molecular complexity index is 911. The first-order chi connectivity index (χ1) is 14.5. The number of ether oxygens (including phenoxy) is 1. The molecule has 0 radical (unpaired) electrons. The minimum absolute atomic E-state index is 0.0372. The number of anilines is 1. The van der Waals surface area contributed by atoms with Gasteiger partial charge in [0.15, 0.2) is 0 Å². The second-order valence-electron chi connectivity index (χ2n) is 6.89. The SMILES string of the molecule is COC(=O)CNC(=O)c1ccc(NC(=O)C2CCCN(C(=O)c3cccs3)C2)cc1. The van der Waals surface area contributed by atoms with Crippen LogP contribution in [0.2, 0.25) is 0 Å². The first-order valence-electron chi connectivity index (χ1n) is 9.56. The zero-order valence-electron chi connectivity index (χ0n) is 16.6. The van der Waals surface area contributed by atoms with Gasteiger partial charge in [0.1, 0.15) is 6.54 Å². The van der Waals surface area contributed by atoms with Crippen LogP contribution < -0.4 is 10.6 Å². The molecular formula is C21H23N3O5S. The molecule has 0 spiro atoms. The fourth-order valence-electron chi connectivity index (χ4n) is 3.21. The fourth-order valence-corrected chi connectivity index (χ4v) is 3.90. The van der Waals surface area contributed by atoms with Gasteiger partial charge >= 0.3 is 5.97 Å². The minimum atomic E-state index is -0.536. The molecule has 1 saturated heterocycles. The van der Waals surface area contributed by atoms with Gasteiger partial charge in [-0.05, 0) is 48.6 Å². The summed E-state index contributed by atoms with van der Waals surface area (Å²) in [6.45, 7) is 0.822. The van der Waals surface area contributed by atoms with E-state index in [2.05, 4.69) is 15.4 Å². The highest BCUT2D eigenvalue weighted by molar-refractivity contribution is 7.12. The summed E-state index contributed by atoms with van der Waals surface area (Å²) in [5, 5.41) is 7.16. The van der Waals surface area contributed by atoms with Gasteiger partial charge in [-0.25, -0.2) is 0 Å². The van der Waals surface area contributed by atoms with Gasteiger partial charge < -0.3 is 20.3 Å². The molecule has 0 bridgehead atoms. The van der Waals surface area contributed by atoms with Crippen LogP contribution in [0.5, 0.6) is 0 Å². The number of nitrogens with zero attached hydrogens (tertiary/aromatic N) is 1. The van der Waals surface area contributed by atoms with Crippen LogP contribution in [-0.4, -0.2) is 55.3 Å². The number of amides is 3. The first kappa shape index (κ1) is 21.5. The summed E-state index contributed by atoms with van der Waals surface area (Å²) in [7, 11) is 1.25. The number of hydrogen-bond donors (Lipinski definition) is 2. The van der Waals surface area contributed by atoms with Crippen LogP contribution >= 0.6 is 11.3 Å². The molecule has 8 nitrogen and oxygen atoms in total. The molecule has 0 aliphatic carbocycles. The molecule has 9 heteroatoms. The van der Waals surface area contributed by atoms with Gasteiger partial charge in [0.05, 0.1) is 17.9 Å². The van der Waals surface area contributed by atoms with E-state index >= 15 is 0 Å². The normalized spacial score (nSPS) is 15.9. The van der Waals surface area contributed by atoms with Crippen LogP contribution in [0, 0.1) is 5.92 Å². The maximum absolute atomic E-state index is 12.7. The number of esters is 1. The Morgan fingerprint density at radius 2 is 1.93 bits per heavy atom. The van der Waals surface area contributed by atoms with Gasteiger partial charge in [0.25, 0.3) is 11.8 Å². The molecule has 158 valence electrons. The predicted molar refractivity (Wildman–Crippen MR) is 112 cm³/mol. The van der Waals surface area contributed by atoms with Crippen LogP contribution in [0.3, 0.4) is 0 Å². The molecule has 1 aromatic heterocycles. The highest BCUT2D eigenvalue weighted by atomic mass is 32.1. The molecule has 1 aliphatic heterocycles. The number of rotatable bonds is 6. The lowest BCUT2D eigenvalue weighted by Gasteiger charge is -2.31. The Morgan fingerprint density at radius 1 is 1.17 bits per heavy atom. The van der Waals surface area contributed by atoms with E-state index in [-0.39, 0.29) is 24.3 Å². The number of carbonyl (C=O) groups is 4. The van der Waals surface area contributed by atoms with Crippen molar-refractivity contribution in [2.24, 2.45) is 5.92 Å². The third-order valence-electron chi connectivity index (χ3n) is 4.85. The van der Waals surface area contributed by atoms with Crippen molar-refractivity contribution >= 4 is 40.7 Å². The highest BCUT2D eigenvalue weighted by Gasteiger charge is 2.29. The number of methoxy groups -OCH3 is 1. The smallest absolute Gasteiger partial charge is 0.325 e. The Kier molecular flexibility index (Phi) is 7.18. The fraction of sp³-hybridized carbons (Fsp3) is 0.333. The molecule has 2 heterocycles. The van der Waals surface area contributed by atoms with E-state index in [9.17, 15) is 19.2 Å². The maximum atomic E-state index is 12.7. The lowest BCUT2D eigenvalue weighted by atomic mass is 9.96. The molecule has 2 N–H and O–H groups in total. The minimum Gasteiger partial charge on any atom is -0.468 e. The van der Waals surface area contributed by atoms with E-state index < -0.39 is 11.9 Å². The third-order valence-corrected chi connectivity index (χ3v) is 5.70. The Morgan fingerprint density at radius 3 is 2.60 bits per heavy atom. The molecule has 0 saturated carbocycles. The van der Waals surface area contributed by atoms with Crippen molar-refractivity contribution in [2.45, 2.75) is 12.8 Å². The number of likely N-dealkylation sites (tertiary alicyclic amines) is 1. The molecule has 1 atom stereocenters. The zero-order chi connectivity index (χ0) is 21.5. The van der Waals surface area contributed by atoms with Crippen molar-refractivity contribution in [3.63, 3.8) is 0 Å². The van der Waals surface area contributed by atoms with Crippen molar-refractivity contribution < 1.29 is 23.9 Å². The molecule has 1 fully saturated rings. The van der Waals surface area contributed by atoms with E-state index in [1.165, 1.54) is 18.4 Å². The maximum Gasteiger partial charge on any atom is 0.325 e. The van der Waals surface area contributed by atoms with Gasteiger partial charge in [-0.3, -0.25) is 19.2 Å². The van der Waals surface area contributed by atoms with Crippen LogP contribution in [0.1, 0.15) is 32.9 Å². The van der Waals surface area contributed by atoms with Crippen molar-refractivity contribution in [3.8, 4) is 0 Å². The second kappa shape index (κ2) is 10.0. The molecular weight excluding hydrogens is 406 g/mol. The van der Waals surface area contributed by atoms with Crippen LogP contribution in [-0.2, 0) is 14.3 Å². The number of benzene rings is 1. The summed E-state index contributed by atoms with van der Waals surface area (Å²) >= 11 is 1.40. The first-order valence-corrected chi connectivity index (χ1v) is 10.4. The van der Waals surface area contributed by atoms with Crippen LogP contribution in [0.4, 0.5) is 5.69 Å². The summed E-state index contributed by atoms with van der Waals surface area (Å²) < 4.78 is 4.48. The lowest BCUT2D eigenvalue weighted by Crippen LogP contribution is -2.43. The molecule has 30 heavy (non-hydrogen) atoms. The van der Waals surface area contributed by atoms with Crippen molar-refractivity contribution in [3.05, 3.63) is 52.2 Å². The van der Waals surface area contributed by atoms with Gasteiger partial charge in [0.2, 0.25) is 5.91 Å². The second-order valence-corrected chi connectivity index (χ2v) is 7.84. The molecule has 1 aromatic carbocycles. The van der Waals surface area contributed by atoms with E-state index in [1.807, 2.05) is 11.4 Å². The predicted octanol–water partition coefficient (Wildman–Crippen LogP) is 2.14. The van der Waals surface area contributed by atoms with Gasteiger partial charge in [-0.1, -0.05) is 6.07 Å². The van der Waals surface area contributed by atoms with E-state index in [4.69, 9.17) is 0 Å². The summed E-state index contributed by atoms with van der Waals surface area (Å²) in [5.74, 6) is -1.42. The van der Waals surface area contributed by atoms with Gasteiger partial charge in [0, 0.05) is 24.3 Å². The van der Waals surface area contributed by atoms with Gasteiger partial charge in [-0.2, -0.15) is 0 Å². The van der Waals surface area contributed by atoms with Crippen molar-refractivity contribution in [2.75, 3.05) is 32.1 Å². The van der Waals surface area contributed by atoms with E-state index in [0.717, 1.165) is 6.42 Å². The standard InChI is InChI=1S/C21H23N3O5S/c1-29-18(25)12-22-19(26)14-6-8-16(9-7-14)23-20(27)15-4-2-10-24(13-15)21(28)17-5-3-11-30-17/h3,5-9,11,15H,2,4,10,12-13H2,1H3,(H,22,26)(H,23,27). The summed E-state index contributed by atoms with van der Waals surface area (Å²) in [4.78, 5) is 50.7. The van der Waals surface area contributed by atoms with Crippen molar-refractivity contribution in [1.29, 1.82) is 0 Å². The molecule has 3 rings (SSSR count). The third kappa shape index (κ3) is 5.44. The van der Waals surface area contributed by atoms with Crippen LogP contribution in [0.25, 0.3) is 0 Å². The quantitative estimate of drug-likeness (QED) is 0.685. The van der Waals surface area contributed by atoms with E-state index in [1.54, 1.807) is 35.2 Å². The lowest BCUT2D eigenvalue weighted by molar-refractivity contribution is -0.139. The number of thiophene rings is 1. The summed E-state index contributed by atoms with van der Waals surface area (Å²) in [5.41, 5.74) is 0.925.